The molecule has 6 heteroatoms. The Bertz CT molecular complexity index is 633. The van der Waals surface area contributed by atoms with E-state index in [0.717, 1.165) is 28.8 Å². The van der Waals surface area contributed by atoms with Gasteiger partial charge >= 0.3 is 0 Å². The van der Waals surface area contributed by atoms with Gasteiger partial charge in [-0.05, 0) is 24.0 Å². The van der Waals surface area contributed by atoms with E-state index in [-0.39, 0.29) is 0 Å². The normalized spacial score (nSPS) is 13.4. The summed E-state index contributed by atoms with van der Waals surface area (Å²) < 4.78 is 7.14. The third-order valence-electron chi connectivity index (χ3n) is 3.22. The van der Waals surface area contributed by atoms with Crippen LogP contribution in [-0.4, -0.2) is 28.3 Å². The Morgan fingerprint density at radius 3 is 2.85 bits per heavy atom. The van der Waals surface area contributed by atoms with Crippen LogP contribution in [0.15, 0.2) is 35.5 Å². The molecular weight excluding hydrogens is 272 g/mol. The SMILES string of the molecule is COc1ccc(Cn2ncc3c2NC(SC)=NC3)cc1. The topological polar surface area (TPSA) is 51.4 Å². The first-order valence-electron chi connectivity index (χ1n) is 6.33. The maximum Gasteiger partial charge on any atom is 0.162 e. The highest BCUT2D eigenvalue weighted by atomic mass is 32.2. The smallest absolute Gasteiger partial charge is 0.162 e. The lowest BCUT2D eigenvalue weighted by Gasteiger charge is -2.16. The van der Waals surface area contributed by atoms with Crippen molar-refractivity contribution < 1.29 is 4.74 Å². The second-order valence-corrected chi connectivity index (χ2v) is 5.27. The van der Waals surface area contributed by atoms with Gasteiger partial charge in [-0.25, -0.2) is 4.68 Å². The van der Waals surface area contributed by atoms with E-state index in [4.69, 9.17) is 4.74 Å². The zero-order valence-electron chi connectivity index (χ0n) is 11.5. The minimum Gasteiger partial charge on any atom is -0.497 e. The van der Waals surface area contributed by atoms with Crippen LogP contribution in [0.2, 0.25) is 0 Å². The molecule has 3 rings (SSSR count). The minimum atomic E-state index is 0.696. The number of ether oxygens (including phenoxy) is 1. The minimum absolute atomic E-state index is 0.696. The number of amidine groups is 1. The lowest BCUT2D eigenvalue weighted by Crippen LogP contribution is -2.17. The fourth-order valence-electron chi connectivity index (χ4n) is 2.12. The number of nitrogens with zero attached hydrogens (tertiary/aromatic N) is 3. The maximum absolute atomic E-state index is 5.17. The summed E-state index contributed by atoms with van der Waals surface area (Å²) in [5.41, 5.74) is 2.32. The number of hydrogen-bond acceptors (Lipinski definition) is 5. The van der Waals surface area contributed by atoms with Crippen LogP contribution >= 0.6 is 11.8 Å². The molecule has 0 bridgehead atoms. The molecule has 20 heavy (non-hydrogen) atoms. The second-order valence-electron chi connectivity index (χ2n) is 4.47. The molecule has 2 aromatic rings. The Labute approximate surface area is 122 Å². The van der Waals surface area contributed by atoms with E-state index in [1.807, 2.05) is 29.3 Å². The van der Waals surface area contributed by atoms with E-state index in [9.17, 15) is 0 Å². The van der Waals surface area contributed by atoms with Crippen molar-refractivity contribution in [2.75, 3.05) is 18.7 Å². The number of rotatable bonds is 3. The molecule has 1 aromatic heterocycles. The van der Waals surface area contributed by atoms with Gasteiger partial charge in [0.2, 0.25) is 0 Å². The van der Waals surface area contributed by atoms with Gasteiger partial charge in [0.1, 0.15) is 11.6 Å². The molecule has 1 N–H and O–H groups in total. The van der Waals surface area contributed by atoms with Gasteiger partial charge in [-0.2, -0.15) is 5.10 Å². The highest BCUT2D eigenvalue weighted by Gasteiger charge is 2.16. The summed E-state index contributed by atoms with van der Waals surface area (Å²) in [4.78, 5) is 4.43. The molecule has 5 nitrogen and oxygen atoms in total. The number of methoxy groups -OCH3 is 1. The van der Waals surface area contributed by atoms with Gasteiger partial charge in [-0.3, -0.25) is 4.99 Å². The Morgan fingerprint density at radius 1 is 1.35 bits per heavy atom. The van der Waals surface area contributed by atoms with Crippen molar-refractivity contribution >= 4 is 22.7 Å². The van der Waals surface area contributed by atoms with Crippen molar-refractivity contribution in [3.63, 3.8) is 0 Å². The highest BCUT2D eigenvalue weighted by Crippen LogP contribution is 2.23. The van der Waals surface area contributed by atoms with Crippen LogP contribution in [-0.2, 0) is 13.1 Å². The van der Waals surface area contributed by atoms with Crippen molar-refractivity contribution in [1.29, 1.82) is 0 Å². The van der Waals surface area contributed by atoms with Crippen molar-refractivity contribution in [2.45, 2.75) is 13.1 Å². The summed E-state index contributed by atoms with van der Waals surface area (Å²) in [6.07, 6.45) is 3.90. The molecule has 2 heterocycles. The van der Waals surface area contributed by atoms with Crippen molar-refractivity contribution in [3.05, 3.63) is 41.6 Å². The number of anilines is 1. The van der Waals surface area contributed by atoms with Crippen molar-refractivity contribution in [2.24, 2.45) is 4.99 Å². The summed E-state index contributed by atoms with van der Waals surface area (Å²) in [6, 6.07) is 8.04. The largest absolute Gasteiger partial charge is 0.497 e. The van der Waals surface area contributed by atoms with Gasteiger partial charge in [-0.15, -0.1) is 0 Å². The van der Waals surface area contributed by atoms with E-state index in [2.05, 4.69) is 27.5 Å². The Hall–Kier alpha value is -1.95. The van der Waals surface area contributed by atoms with Crippen LogP contribution < -0.4 is 10.1 Å². The summed E-state index contributed by atoms with van der Waals surface area (Å²) in [5.74, 6) is 1.91. The lowest BCUT2D eigenvalue weighted by molar-refractivity contribution is 0.414. The van der Waals surface area contributed by atoms with Crippen LogP contribution in [0.4, 0.5) is 5.82 Å². The third-order valence-corrected chi connectivity index (χ3v) is 3.84. The van der Waals surface area contributed by atoms with E-state index in [0.29, 0.717) is 6.54 Å². The zero-order chi connectivity index (χ0) is 13.9. The molecule has 0 unspecified atom stereocenters. The molecule has 0 fully saturated rings. The van der Waals surface area contributed by atoms with Crippen molar-refractivity contribution in [3.8, 4) is 5.75 Å². The predicted molar refractivity (Wildman–Crippen MR) is 82.6 cm³/mol. The van der Waals surface area contributed by atoms with E-state index in [1.165, 1.54) is 5.56 Å². The first-order chi connectivity index (χ1) is 9.80. The van der Waals surface area contributed by atoms with Crippen LogP contribution in [0.1, 0.15) is 11.1 Å². The molecule has 0 saturated carbocycles. The summed E-state index contributed by atoms with van der Waals surface area (Å²) in [5, 5.41) is 8.71. The van der Waals surface area contributed by atoms with Crippen LogP contribution in [0.25, 0.3) is 0 Å². The molecule has 1 aliphatic heterocycles. The Morgan fingerprint density at radius 2 is 2.15 bits per heavy atom. The lowest BCUT2D eigenvalue weighted by atomic mass is 10.2. The standard InChI is InChI=1S/C14H16N4OS/c1-19-12-5-3-10(4-6-12)9-18-13-11(8-16-18)7-15-14(17-13)20-2/h3-6,8H,7,9H2,1-2H3,(H,15,17). The number of nitrogens with one attached hydrogen (secondary N) is 1. The summed E-state index contributed by atoms with van der Waals surface area (Å²) in [6.45, 7) is 1.43. The quantitative estimate of drug-likeness (QED) is 0.943. The average molecular weight is 288 g/mol. The monoisotopic (exact) mass is 288 g/mol. The third kappa shape index (κ3) is 2.51. The number of aromatic nitrogens is 2. The van der Waals surface area contributed by atoms with Gasteiger partial charge in [0, 0.05) is 5.56 Å². The number of fused-ring (bicyclic) bond motifs is 1. The van der Waals surface area contributed by atoms with E-state index >= 15 is 0 Å². The molecule has 0 spiro atoms. The Balaban J connectivity index is 1.80. The molecule has 0 amide bonds. The molecular formula is C14H16N4OS. The predicted octanol–water partition coefficient (Wildman–Crippen LogP) is 2.58. The first kappa shape index (κ1) is 13.1. The molecule has 0 saturated heterocycles. The first-order valence-corrected chi connectivity index (χ1v) is 7.55. The molecule has 1 aromatic carbocycles. The van der Waals surface area contributed by atoms with Crippen LogP contribution in [0.3, 0.4) is 0 Å². The second kappa shape index (κ2) is 5.58. The van der Waals surface area contributed by atoms with Gasteiger partial charge in [0.25, 0.3) is 0 Å². The number of aliphatic imine (C=N–C) groups is 1. The van der Waals surface area contributed by atoms with Crippen molar-refractivity contribution in [1.82, 2.24) is 9.78 Å². The molecule has 0 radical (unpaired) electrons. The fraction of sp³-hybridized carbons (Fsp3) is 0.286. The van der Waals surface area contributed by atoms with Crippen LogP contribution in [0, 0.1) is 0 Å². The zero-order valence-corrected chi connectivity index (χ0v) is 12.3. The number of thioether (sulfide) groups is 1. The fourth-order valence-corrected chi connectivity index (χ4v) is 2.51. The highest BCUT2D eigenvalue weighted by molar-refractivity contribution is 8.13. The average Bonchev–Trinajstić information content (AvgIpc) is 2.90. The van der Waals surface area contributed by atoms with Gasteiger partial charge < -0.3 is 10.1 Å². The number of benzene rings is 1. The molecule has 0 atom stereocenters. The van der Waals surface area contributed by atoms with Gasteiger partial charge in [0.15, 0.2) is 5.17 Å². The molecule has 1 aliphatic rings. The Kier molecular flexibility index (Phi) is 3.64. The van der Waals surface area contributed by atoms with E-state index < -0.39 is 0 Å². The van der Waals surface area contributed by atoms with E-state index in [1.54, 1.807) is 18.9 Å². The summed E-state index contributed by atoms with van der Waals surface area (Å²) >= 11 is 1.61. The van der Waals surface area contributed by atoms with Gasteiger partial charge in [0.05, 0.1) is 26.4 Å². The van der Waals surface area contributed by atoms with Gasteiger partial charge in [-0.1, -0.05) is 23.9 Å². The summed E-state index contributed by atoms with van der Waals surface area (Å²) in [7, 11) is 1.67. The molecule has 0 aliphatic carbocycles. The maximum atomic E-state index is 5.17. The molecule has 104 valence electrons. The van der Waals surface area contributed by atoms with Crippen LogP contribution in [0.5, 0.6) is 5.75 Å². The number of hydrogen-bond donors (Lipinski definition) is 1.